The van der Waals surface area contributed by atoms with Gasteiger partial charge in [0.15, 0.2) is 5.82 Å². The molecule has 1 heterocycles. The van der Waals surface area contributed by atoms with Crippen LogP contribution in [0.15, 0.2) is 54.6 Å². The molecule has 0 aliphatic rings. The molecule has 1 aromatic heterocycles. The summed E-state index contributed by atoms with van der Waals surface area (Å²) in [6.45, 7) is 0. The highest BCUT2D eigenvalue weighted by molar-refractivity contribution is 5.55. The van der Waals surface area contributed by atoms with Crippen LogP contribution in [0.25, 0.3) is 11.4 Å². The van der Waals surface area contributed by atoms with E-state index >= 15 is 0 Å². The zero-order valence-corrected chi connectivity index (χ0v) is 10.7. The second-order valence-corrected chi connectivity index (χ2v) is 4.48. The fourth-order valence-corrected chi connectivity index (χ4v) is 1.97. The van der Waals surface area contributed by atoms with Gasteiger partial charge < -0.3 is 10.8 Å². The molecule has 100 valence electrons. The molecule has 0 bridgehead atoms. The standard InChI is InChI=1S/C15H14N4O/c16-13(10-4-2-1-3-5-10)15-17-14(18-19-15)11-6-8-12(20)9-7-11/h1-9,13,20H,16H2,(H,17,18,19). The zero-order valence-electron chi connectivity index (χ0n) is 10.7. The van der Waals surface area contributed by atoms with Gasteiger partial charge in [-0.25, -0.2) is 4.98 Å². The topological polar surface area (TPSA) is 87.8 Å². The van der Waals surface area contributed by atoms with Gasteiger partial charge in [0.25, 0.3) is 0 Å². The molecule has 0 aliphatic carbocycles. The highest BCUT2D eigenvalue weighted by Gasteiger charge is 2.14. The third-order valence-corrected chi connectivity index (χ3v) is 3.08. The van der Waals surface area contributed by atoms with Crippen LogP contribution >= 0.6 is 0 Å². The van der Waals surface area contributed by atoms with Gasteiger partial charge >= 0.3 is 0 Å². The summed E-state index contributed by atoms with van der Waals surface area (Å²) in [4.78, 5) is 4.41. The Morgan fingerprint density at radius 1 is 1.00 bits per heavy atom. The first-order chi connectivity index (χ1) is 9.74. The van der Waals surface area contributed by atoms with E-state index in [9.17, 15) is 5.11 Å². The second-order valence-electron chi connectivity index (χ2n) is 4.48. The minimum atomic E-state index is -0.338. The zero-order chi connectivity index (χ0) is 13.9. The fraction of sp³-hybridized carbons (Fsp3) is 0.0667. The average Bonchev–Trinajstić information content (AvgIpc) is 2.98. The highest BCUT2D eigenvalue weighted by Crippen LogP contribution is 2.21. The molecule has 20 heavy (non-hydrogen) atoms. The van der Waals surface area contributed by atoms with Crippen molar-refractivity contribution in [3.63, 3.8) is 0 Å². The van der Waals surface area contributed by atoms with Gasteiger partial charge in [-0.15, -0.1) is 0 Å². The van der Waals surface area contributed by atoms with E-state index in [1.165, 1.54) is 0 Å². The van der Waals surface area contributed by atoms with Crippen molar-refractivity contribution >= 4 is 0 Å². The van der Waals surface area contributed by atoms with Gasteiger partial charge in [-0.2, -0.15) is 5.10 Å². The summed E-state index contributed by atoms with van der Waals surface area (Å²) in [5, 5.41) is 16.3. The Labute approximate surface area is 116 Å². The van der Waals surface area contributed by atoms with Gasteiger partial charge in [0, 0.05) is 5.56 Å². The number of hydrogen-bond donors (Lipinski definition) is 3. The molecule has 0 radical (unpaired) electrons. The molecule has 0 saturated carbocycles. The van der Waals surface area contributed by atoms with Gasteiger partial charge in [-0.05, 0) is 29.8 Å². The number of rotatable bonds is 3. The number of phenols is 1. The number of H-pyrrole nitrogens is 1. The van der Waals surface area contributed by atoms with Crippen LogP contribution in [0.3, 0.4) is 0 Å². The number of phenolic OH excluding ortho intramolecular Hbond substituents is 1. The van der Waals surface area contributed by atoms with E-state index in [-0.39, 0.29) is 11.8 Å². The van der Waals surface area contributed by atoms with Crippen molar-refractivity contribution in [2.75, 3.05) is 0 Å². The summed E-state index contributed by atoms with van der Waals surface area (Å²) in [6, 6.07) is 16.1. The lowest BCUT2D eigenvalue weighted by atomic mass is 10.1. The maximum absolute atomic E-state index is 9.28. The Hall–Kier alpha value is -2.66. The highest BCUT2D eigenvalue weighted by atomic mass is 16.3. The summed E-state index contributed by atoms with van der Waals surface area (Å²) < 4.78 is 0. The first-order valence-corrected chi connectivity index (χ1v) is 6.26. The van der Waals surface area contributed by atoms with Crippen LogP contribution in [0.2, 0.25) is 0 Å². The van der Waals surface area contributed by atoms with E-state index in [1.807, 2.05) is 30.3 Å². The van der Waals surface area contributed by atoms with Crippen LogP contribution < -0.4 is 5.73 Å². The SMILES string of the molecule is NC(c1ccccc1)c1nc(-c2ccc(O)cc2)n[nH]1. The van der Waals surface area contributed by atoms with Crippen LogP contribution in [0.5, 0.6) is 5.75 Å². The predicted molar refractivity (Wildman–Crippen MR) is 76.0 cm³/mol. The van der Waals surface area contributed by atoms with Gasteiger partial charge in [0.2, 0.25) is 0 Å². The van der Waals surface area contributed by atoms with Crippen LogP contribution in [-0.4, -0.2) is 20.3 Å². The normalized spacial score (nSPS) is 12.2. The lowest BCUT2D eigenvalue weighted by Crippen LogP contribution is -2.13. The number of aromatic amines is 1. The van der Waals surface area contributed by atoms with Crippen molar-refractivity contribution in [3.05, 3.63) is 66.0 Å². The molecule has 3 aromatic rings. The molecule has 5 nitrogen and oxygen atoms in total. The molecule has 5 heteroatoms. The first-order valence-electron chi connectivity index (χ1n) is 6.26. The number of nitrogens with two attached hydrogens (primary N) is 1. The van der Waals surface area contributed by atoms with Crippen molar-refractivity contribution in [1.29, 1.82) is 0 Å². The van der Waals surface area contributed by atoms with E-state index in [0.29, 0.717) is 11.6 Å². The quantitative estimate of drug-likeness (QED) is 0.678. The van der Waals surface area contributed by atoms with E-state index in [4.69, 9.17) is 5.73 Å². The summed E-state index contributed by atoms with van der Waals surface area (Å²) in [5.74, 6) is 1.39. The fourth-order valence-electron chi connectivity index (χ4n) is 1.97. The lowest BCUT2D eigenvalue weighted by molar-refractivity contribution is 0.475. The molecule has 0 saturated heterocycles. The summed E-state index contributed by atoms with van der Waals surface area (Å²) in [5.41, 5.74) is 7.96. The Morgan fingerprint density at radius 3 is 2.40 bits per heavy atom. The number of hydrogen-bond acceptors (Lipinski definition) is 4. The Bertz CT molecular complexity index is 691. The van der Waals surface area contributed by atoms with Crippen LogP contribution in [-0.2, 0) is 0 Å². The Balaban J connectivity index is 1.89. The number of nitrogens with one attached hydrogen (secondary N) is 1. The van der Waals surface area contributed by atoms with E-state index in [0.717, 1.165) is 11.1 Å². The van der Waals surface area contributed by atoms with Crippen molar-refractivity contribution < 1.29 is 5.11 Å². The van der Waals surface area contributed by atoms with E-state index in [2.05, 4.69) is 15.2 Å². The lowest BCUT2D eigenvalue weighted by Gasteiger charge is -2.07. The summed E-state index contributed by atoms with van der Waals surface area (Å²) in [6.07, 6.45) is 0. The van der Waals surface area contributed by atoms with Crippen LogP contribution in [0.4, 0.5) is 0 Å². The number of nitrogens with zero attached hydrogens (tertiary/aromatic N) is 2. The molecular weight excluding hydrogens is 252 g/mol. The molecule has 3 rings (SSSR count). The molecular formula is C15H14N4O. The smallest absolute Gasteiger partial charge is 0.181 e. The van der Waals surface area contributed by atoms with Gasteiger partial charge in [-0.3, -0.25) is 5.10 Å². The number of benzene rings is 2. The van der Waals surface area contributed by atoms with Crippen molar-refractivity contribution in [2.24, 2.45) is 5.73 Å². The minimum Gasteiger partial charge on any atom is -0.508 e. The van der Waals surface area contributed by atoms with Crippen LogP contribution in [0, 0.1) is 0 Å². The van der Waals surface area contributed by atoms with Crippen molar-refractivity contribution in [3.8, 4) is 17.1 Å². The molecule has 1 atom stereocenters. The largest absolute Gasteiger partial charge is 0.508 e. The molecule has 1 unspecified atom stereocenters. The third-order valence-electron chi connectivity index (χ3n) is 3.08. The molecule has 0 spiro atoms. The van der Waals surface area contributed by atoms with E-state index in [1.54, 1.807) is 24.3 Å². The predicted octanol–water partition coefficient (Wildman–Crippen LogP) is 2.23. The maximum atomic E-state index is 9.28. The third kappa shape index (κ3) is 2.39. The van der Waals surface area contributed by atoms with Crippen molar-refractivity contribution in [1.82, 2.24) is 15.2 Å². The molecule has 0 fully saturated rings. The Kier molecular flexibility index (Phi) is 3.18. The van der Waals surface area contributed by atoms with Gasteiger partial charge in [-0.1, -0.05) is 30.3 Å². The average molecular weight is 266 g/mol. The molecule has 0 amide bonds. The Morgan fingerprint density at radius 2 is 1.70 bits per heavy atom. The number of aromatic nitrogens is 3. The number of aromatic hydroxyl groups is 1. The molecule has 4 N–H and O–H groups in total. The first kappa shape index (κ1) is 12.4. The summed E-state index contributed by atoms with van der Waals surface area (Å²) >= 11 is 0. The summed E-state index contributed by atoms with van der Waals surface area (Å²) in [7, 11) is 0. The maximum Gasteiger partial charge on any atom is 0.181 e. The molecule has 2 aromatic carbocycles. The minimum absolute atomic E-state index is 0.213. The van der Waals surface area contributed by atoms with E-state index < -0.39 is 0 Å². The monoisotopic (exact) mass is 266 g/mol. The second kappa shape index (κ2) is 5.14. The molecule has 0 aliphatic heterocycles. The van der Waals surface area contributed by atoms with Crippen LogP contribution in [0.1, 0.15) is 17.4 Å². The van der Waals surface area contributed by atoms with Gasteiger partial charge in [0.05, 0.1) is 6.04 Å². The van der Waals surface area contributed by atoms with Gasteiger partial charge in [0.1, 0.15) is 11.6 Å². The van der Waals surface area contributed by atoms with Crippen molar-refractivity contribution in [2.45, 2.75) is 6.04 Å².